The van der Waals surface area contributed by atoms with Crippen LogP contribution in [0.4, 0.5) is 5.69 Å². The smallest absolute Gasteiger partial charge is 0.263 e. The Morgan fingerprint density at radius 2 is 1.86 bits per heavy atom. The van der Waals surface area contributed by atoms with Crippen LogP contribution < -0.4 is 5.73 Å². The van der Waals surface area contributed by atoms with Gasteiger partial charge in [-0.15, -0.1) is 0 Å². The summed E-state index contributed by atoms with van der Waals surface area (Å²) >= 11 is 0. The van der Waals surface area contributed by atoms with Crippen molar-refractivity contribution in [2.75, 3.05) is 25.9 Å². The molecule has 21 heavy (non-hydrogen) atoms. The Morgan fingerprint density at radius 3 is 2.48 bits per heavy atom. The van der Waals surface area contributed by atoms with Crippen LogP contribution in [0.5, 0.6) is 0 Å². The molecule has 0 saturated carbocycles. The van der Waals surface area contributed by atoms with Crippen molar-refractivity contribution < 1.29 is 9.59 Å². The summed E-state index contributed by atoms with van der Waals surface area (Å²) in [5.41, 5.74) is 7.09. The number of imide groups is 1. The molecule has 0 spiro atoms. The van der Waals surface area contributed by atoms with Gasteiger partial charge in [0.15, 0.2) is 0 Å². The summed E-state index contributed by atoms with van der Waals surface area (Å²) in [6.07, 6.45) is 2.03. The molecule has 1 aromatic rings. The van der Waals surface area contributed by atoms with E-state index in [1.165, 1.54) is 4.90 Å². The van der Waals surface area contributed by atoms with Gasteiger partial charge in [0.05, 0.1) is 11.1 Å². The van der Waals surface area contributed by atoms with Gasteiger partial charge in [-0.05, 0) is 58.0 Å². The molecule has 0 bridgehead atoms. The summed E-state index contributed by atoms with van der Waals surface area (Å²) in [5.74, 6) is -0.0714. The zero-order chi connectivity index (χ0) is 15.1. The topological polar surface area (TPSA) is 66.6 Å². The highest BCUT2D eigenvalue weighted by molar-refractivity contribution is 6.23. The zero-order valence-electron chi connectivity index (χ0n) is 12.5. The number of piperidine rings is 1. The van der Waals surface area contributed by atoms with Crippen LogP contribution in [0, 0.1) is 5.92 Å². The van der Waals surface area contributed by atoms with Crippen LogP contribution >= 0.6 is 0 Å². The number of amides is 2. The minimum absolute atomic E-state index is 0.0782. The van der Waals surface area contributed by atoms with E-state index in [0.717, 1.165) is 25.9 Å². The Kier molecular flexibility index (Phi) is 3.45. The number of fused-ring (bicyclic) bond motifs is 1. The van der Waals surface area contributed by atoms with E-state index >= 15 is 0 Å². The lowest BCUT2D eigenvalue weighted by Crippen LogP contribution is -2.45. The second-order valence-electron chi connectivity index (χ2n) is 6.13. The minimum atomic E-state index is -0.237. The van der Waals surface area contributed by atoms with Crippen molar-refractivity contribution in [3.8, 4) is 0 Å². The Morgan fingerprint density at radius 1 is 1.19 bits per heavy atom. The molecule has 2 heterocycles. The largest absolute Gasteiger partial charge is 0.398 e. The second kappa shape index (κ2) is 5.15. The minimum Gasteiger partial charge on any atom is -0.398 e. The monoisotopic (exact) mass is 287 g/mol. The lowest BCUT2D eigenvalue weighted by molar-refractivity contribution is 0.0497. The van der Waals surface area contributed by atoms with Gasteiger partial charge in [-0.1, -0.05) is 6.07 Å². The fourth-order valence-electron chi connectivity index (χ4n) is 3.42. The van der Waals surface area contributed by atoms with Crippen LogP contribution in [0.15, 0.2) is 18.2 Å². The van der Waals surface area contributed by atoms with Gasteiger partial charge in [-0.3, -0.25) is 14.5 Å². The molecular formula is C16H21N3O2. The average Bonchev–Trinajstić information content (AvgIpc) is 2.72. The Hall–Kier alpha value is -1.88. The summed E-state index contributed by atoms with van der Waals surface area (Å²) in [5, 5.41) is 0. The van der Waals surface area contributed by atoms with Crippen molar-refractivity contribution in [3.05, 3.63) is 29.3 Å². The molecule has 112 valence electrons. The molecule has 2 aliphatic heterocycles. The highest BCUT2D eigenvalue weighted by Gasteiger charge is 2.42. The summed E-state index contributed by atoms with van der Waals surface area (Å²) in [6.45, 7) is 4.01. The number of benzene rings is 1. The SMILES string of the molecule is CC(C1CCN(C)CC1)N1C(=O)c2cccc(N)c2C1=O. The molecule has 0 radical (unpaired) electrons. The molecule has 1 atom stereocenters. The molecule has 0 aliphatic carbocycles. The number of likely N-dealkylation sites (tertiary alicyclic amines) is 1. The molecule has 5 nitrogen and oxygen atoms in total. The molecule has 1 fully saturated rings. The van der Waals surface area contributed by atoms with Gasteiger partial charge >= 0.3 is 0 Å². The molecule has 2 N–H and O–H groups in total. The van der Waals surface area contributed by atoms with Crippen LogP contribution in [0.2, 0.25) is 0 Å². The van der Waals surface area contributed by atoms with E-state index in [0.29, 0.717) is 22.7 Å². The molecular weight excluding hydrogens is 266 g/mol. The predicted octanol–water partition coefficient (Wildman–Crippen LogP) is 1.60. The predicted molar refractivity (Wildman–Crippen MR) is 81.0 cm³/mol. The molecule has 0 aromatic heterocycles. The number of carbonyl (C=O) groups excluding carboxylic acids is 2. The van der Waals surface area contributed by atoms with Crippen molar-refractivity contribution in [1.29, 1.82) is 0 Å². The van der Waals surface area contributed by atoms with E-state index in [1.54, 1.807) is 18.2 Å². The van der Waals surface area contributed by atoms with Crippen LogP contribution in [-0.4, -0.2) is 47.8 Å². The average molecular weight is 287 g/mol. The zero-order valence-corrected chi connectivity index (χ0v) is 12.5. The van der Waals surface area contributed by atoms with E-state index in [4.69, 9.17) is 5.73 Å². The van der Waals surface area contributed by atoms with Crippen LogP contribution in [0.25, 0.3) is 0 Å². The number of hydrogen-bond acceptors (Lipinski definition) is 4. The first-order chi connectivity index (χ1) is 10.0. The van der Waals surface area contributed by atoms with Gasteiger partial charge in [-0.25, -0.2) is 0 Å². The first kappa shape index (κ1) is 14.1. The molecule has 1 aromatic carbocycles. The molecule has 1 saturated heterocycles. The van der Waals surface area contributed by atoms with Crippen LogP contribution in [0.1, 0.15) is 40.5 Å². The second-order valence-corrected chi connectivity index (χ2v) is 6.13. The third-order valence-electron chi connectivity index (χ3n) is 4.83. The fourth-order valence-corrected chi connectivity index (χ4v) is 3.42. The number of carbonyl (C=O) groups is 2. The standard InChI is InChI=1S/C16H21N3O2/c1-10(11-6-8-18(2)9-7-11)19-15(20)12-4-3-5-13(17)14(12)16(19)21/h3-5,10-11H,6-9,17H2,1-2H3. The molecule has 1 unspecified atom stereocenters. The summed E-state index contributed by atoms with van der Waals surface area (Å²) < 4.78 is 0. The van der Waals surface area contributed by atoms with Crippen molar-refractivity contribution in [1.82, 2.24) is 9.80 Å². The van der Waals surface area contributed by atoms with E-state index in [2.05, 4.69) is 11.9 Å². The Balaban J connectivity index is 1.86. The van der Waals surface area contributed by atoms with Crippen molar-refractivity contribution in [3.63, 3.8) is 0 Å². The van der Waals surface area contributed by atoms with Gasteiger partial charge in [0.1, 0.15) is 0 Å². The van der Waals surface area contributed by atoms with Gasteiger partial charge in [0.25, 0.3) is 11.8 Å². The van der Waals surface area contributed by atoms with E-state index < -0.39 is 0 Å². The lowest BCUT2D eigenvalue weighted by atomic mass is 9.89. The number of nitrogens with two attached hydrogens (primary N) is 1. The quantitative estimate of drug-likeness (QED) is 0.662. The lowest BCUT2D eigenvalue weighted by Gasteiger charge is -2.36. The summed E-state index contributed by atoms with van der Waals surface area (Å²) in [6, 6.07) is 5.01. The summed E-state index contributed by atoms with van der Waals surface area (Å²) in [7, 11) is 2.10. The van der Waals surface area contributed by atoms with E-state index in [1.807, 2.05) is 6.92 Å². The van der Waals surface area contributed by atoms with E-state index in [-0.39, 0.29) is 17.9 Å². The molecule has 3 rings (SSSR count). The maximum absolute atomic E-state index is 12.6. The first-order valence-electron chi connectivity index (χ1n) is 7.45. The molecule has 2 aliphatic rings. The summed E-state index contributed by atoms with van der Waals surface area (Å²) in [4.78, 5) is 28.8. The molecule has 2 amide bonds. The van der Waals surface area contributed by atoms with Gasteiger partial charge < -0.3 is 10.6 Å². The van der Waals surface area contributed by atoms with Gasteiger partial charge in [-0.2, -0.15) is 0 Å². The van der Waals surface area contributed by atoms with Crippen molar-refractivity contribution >= 4 is 17.5 Å². The highest BCUT2D eigenvalue weighted by atomic mass is 16.2. The maximum Gasteiger partial charge on any atom is 0.263 e. The van der Waals surface area contributed by atoms with Crippen LogP contribution in [0.3, 0.4) is 0 Å². The number of anilines is 1. The number of nitrogen functional groups attached to an aromatic ring is 1. The Bertz CT molecular complexity index is 591. The molecule has 5 heteroatoms. The highest BCUT2D eigenvalue weighted by Crippen LogP contribution is 2.33. The third kappa shape index (κ3) is 2.21. The van der Waals surface area contributed by atoms with Gasteiger partial charge in [0.2, 0.25) is 0 Å². The third-order valence-corrected chi connectivity index (χ3v) is 4.83. The van der Waals surface area contributed by atoms with Crippen molar-refractivity contribution in [2.45, 2.75) is 25.8 Å². The number of nitrogens with zero attached hydrogens (tertiary/aromatic N) is 2. The van der Waals surface area contributed by atoms with Crippen LogP contribution in [-0.2, 0) is 0 Å². The number of hydrogen-bond donors (Lipinski definition) is 1. The van der Waals surface area contributed by atoms with Gasteiger partial charge in [0, 0.05) is 11.7 Å². The number of rotatable bonds is 2. The van der Waals surface area contributed by atoms with Crippen molar-refractivity contribution in [2.24, 2.45) is 5.92 Å². The Labute approximate surface area is 124 Å². The van der Waals surface area contributed by atoms with E-state index in [9.17, 15) is 9.59 Å². The normalized spacial score (nSPS) is 21.7. The maximum atomic E-state index is 12.6. The first-order valence-corrected chi connectivity index (χ1v) is 7.45. The fraction of sp³-hybridized carbons (Fsp3) is 0.500.